The number of para-hydroxylation sites is 3. The molecule has 0 aliphatic rings. The zero-order chi connectivity index (χ0) is 41.9. The number of nitrogens with zero attached hydrogens (tertiary/aromatic N) is 5. The number of fused-ring (bicyclic) bond motifs is 12. The van der Waals surface area contributed by atoms with Crippen LogP contribution in [-0.4, -0.2) is 24.1 Å². The molecule has 9 aromatic carbocycles. The smallest absolute Gasteiger partial charge is 0.238 e. The summed E-state index contributed by atoms with van der Waals surface area (Å²) in [5, 5.41) is 8.85. The Bertz CT molecular complexity index is 4120. The van der Waals surface area contributed by atoms with Gasteiger partial charge in [-0.3, -0.25) is 4.57 Å². The first kappa shape index (κ1) is 34.9. The van der Waals surface area contributed by atoms with Gasteiger partial charge < -0.3 is 13.4 Å². The average Bonchev–Trinajstić information content (AvgIpc) is 4.10. The summed E-state index contributed by atoms with van der Waals surface area (Å²) in [4.78, 5) is 15.4. The minimum Gasteiger partial charge on any atom is -0.456 e. The maximum atomic E-state index is 6.63. The quantitative estimate of drug-likeness (QED) is 0.173. The van der Waals surface area contributed by atoms with Crippen LogP contribution < -0.4 is 0 Å². The molecule has 0 atom stereocenters. The highest BCUT2D eigenvalue weighted by molar-refractivity contribution is 6.19. The lowest BCUT2D eigenvalue weighted by Crippen LogP contribution is -2.06. The summed E-state index contributed by atoms with van der Waals surface area (Å²) in [5.41, 5.74) is 12.7. The van der Waals surface area contributed by atoms with Crippen LogP contribution in [0.25, 0.3) is 133 Å². The zero-order valence-corrected chi connectivity index (χ0v) is 34.1. The predicted molar refractivity (Wildman–Crippen MR) is 259 cm³/mol. The molecular weight excluding hydrogens is 787 g/mol. The number of hydrogen-bond donors (Lipinski definition) is 0. The van der Waals surface area contributed by atoms with Crippen molar-refractivity contribution in [3.05, 3.63) is 200 Å². The van der Waals surface area contributed by atoms with Gasteiger partial charge in [0.05, 0.1) is 22.1 Å². The van der Waals surface area contributed by atoms with Gasteiger partial charge in [0.1, 0.15) is 22.3 Å². The van der Waals surface area contributed by atoms with Gasteiger partial charge in [-0.2, -0.15) is 9.97 Å². The molecule has 14 aromatic rings. The predicted octanol–water partition coefficient (Wildman–Crippen LogP) is 14.9. The van der Waals surface area contributed by atoms with E-state index in [0.29, 0.717) is 17.6 Å². The first-order valence-electron chi connectivity index (χ1n) is 21.4. The number of rotatable bonds is 5. The molecule has 0 fully saturated rings. The summed E-state index contributed by atoms with van der Waals surface area (Å²) in [5.74, 6) is 1.73. The molecule has 7 heteroatoms. The molecule has 0 saturated carbocycles. The SMILES string of the molecule is c1ccc(-c2nc(-c3ccccc3)nc(-n3c4ccc(-c5ccc6oc7cc8c(cc7c6c5)c5ccccc5n8-c5ccccc5)cc4c4cc5c(cc43)oc3ccccc35)n2)cc1. The molecule has 0 aliphatic carbocycles. The lowest BCUT2D eigenvalue weighted by molar-refractivity contribution is 0.669. The minimum atomic E-state index is 0.530. The Morgan fingerprint density at radius 2 is 0.766 bits per heavy atom. The molecule has 0 saturated heterocycles. The largest absolute Gasteiger partial charge is 0.456 e. The van der Waals surface area contributed by atoms with Crippen LogP contribution in [0.3, 0.4) is 0 Å². The first-order valence-corrected chi connectivity index (χ1v) is 21.4. The standard InChI is InChI=1S/C57H33N5O2/c1-4-14-34(15-5-1)55-58-56(35-16-6-2-7-17-35)60-57(59-55)62-48-26-24-36(28-41(48)43-31-45-40-21-11-13-23-51(40)63-53(45)33-50(43)62)37-25-27-52-44(29-37)46-30-42-39-20-10-12-22-47(39)61(38-18-8-3-9-19-38)49(42)32-54(46)64-52/h1-33H. The fraction of sp³-hybridized carbons (Fsp3) is 0. The fourth-order valence-electron chi connectivity index (χ4n) is 9.80. The van der Waals surface area contributed by atoms with E-state index in [1.807, 2.05) is 72.8 Å². The van der Waals surface area contributed by atoms with Gasteiger partial charge in [0, 0.05) is 72.0 Å². The summed E-state index contributed by atoms with van der Waals surface area (Å²) >= 11 is 0. The van der Waals surface area contributed by atoms with Crippen LogP contribution in [0, 0.1) is 0 Å². The van der Waals surface area contributed by atoms with Crippen LogP contribution in [0.4, 0.5) is 0 Å². The van der Waals surface area contributed by atoms with Crippen molar-refractivity contribution in [2.24, 2.45) is 0 Å². The molecule has 0 N–H and O–H groups in total. The van der Waals surface area contributed by atoms with Gasteiger partial charge in [0.15, 0.2) is 11.6 Å². The van der Waals surface area contributed by atoms with Crippen molar-refractivity contribution in [2.75, 3.05) is 0 Å². The van der Waals surface area contributed by atoms with Gasteiger partial charge in [0.2, 0.25) is 5.95 Å². The van der Waals surface area contributed by atoms with Crippen molar-refractivity contribution in [3.8, 4) is 45.5 Å². The number of benzene rings is 9. The van der Waals surface area contributed by atoms with E-state index in [1.54, 1.807) is 0 Å². The second kappa shape index (κ2) is 13.3. The number of hydrogen-bond acceptors (Lipinski definition) is 5. The molecule has 298 valence electrons. The highest BCUT2D eigenvalue weighted by Gasteiger charge is 2.22. The van der Waals surface area contributed by atoms with Crippen LogP contribution in [0.1, 0.15) is 0 Å². The van der Waals surface area contributed by atoms with Gasteiger partial charge in [-0.1, -0.05) is 127 Å². The van der Waals surface area contributed by atoms with Crippen molar-refractivity contribution < 1.29 is 8.83 Å². The maximum absolute atomic E-state index is 6.63. The molecule has 0 radical (unpaired) electrons. The van der Waals surface area contributed by atoms with E-state index in [-0.39, 0.29) is 0 Å². The molecule has 5 heterocycles. The highest BCUT2D eigenvalue weighted by Crippen LogP contribution is 2.42. The van der Waals surface area contributed by atoms with Crippen molar-refractivity contribution >= 4 is 87.5 Å². The van der Waals surface area contributed by atoms with Gasteiger partial charge in [-0.05, 0) is 71.8 Å². The van der Waals surface area contributed by atoms with E-state index in [2.05, 4.69) is 137 Å². The monoisotopic (exact) mass is 819 g/mol. The lowest BCUT2D eigenvalue weighted by atomic mass is 10.00. The lowest BCUT2D eigenvalue weighted by Gasteiger charge is -2.11. The number of aromatic nitrogens is 5. The van der Waals surface area contributed by atoms with Crippen molar-refractivity contribution in [1.82, 2.24) is 24.1 Å². The summed E-state index contributed by atoms with van der Waals surface area (Å²) in [6.45, 7) is 0. The molecule has 0 bridgehead atoms. The Morgan fingerprint density at radius 3 is 1.47 bits per heavy atom. The molecule has 14 rings (SSSR count). The van der Waals surface area contributed by atoms with E-state index in [4.69, 9.17) is 23.8 Å². The molecule has 5 aromatic heterocycles. The number of furan rings is 2. The van der Waals surface area contributed by atoms with Crippen molar-refractivity contribution in [3.63, 3.8) is 0 Å². The third-order valence-corrected chi connectivity index (χ3v) is 12.8. The molecular formula is C57H33N5O2. The summed E-state index contributed by atoms with van der Waals surface area (Å²) in [6.07, 6.45) is 0. The van der Waals surface area contributed by atoms with Crippen LogP contribution in [0.2, 0.25) is 0 Å². The van der Waals surface area contributed by atoms with E-state index < -0.39 is 0 Å². The van der Waals surface area contributed by atoms with Crippen LogP contribution in [-0.2, 0) is 0 Å². The topological polar surface area (TPSA) is 74.8 Å². The molecule has 0 amide bonds. The Labute approximate surface area is 364 Å². The van der Waals surface area contributed by atoms with Crippen molar-refractivity contribution in [1.29, 1.82) is 0 Å². The molecule has 0 spiro atoms. The molecule has 0 unspecified atom stereocenters. The molecule has 0 aliphatic heterocycles. The average molecular weight is 820 g/mol. The Hall–Kier alpha value is -8.81. The normalized spacial score (nSPS) is 12.1. The molecule has 7 nitrogen and oxygen atoms in total. The summed E-state index contributed by atoms with van der Waals surface area (Å²) < 4.78 is 17.6. The fourth-order valence-corrected chi connectivity index (χ4v) is 9.80. The maximum Gasteiger partial charge on any atom is 0.238 e. The Kier molecular flexibility index (Phi) is 7.27. The Balaban J connectivity index is 0.995. The second-order valence-electron chi connectivity index (χ2n) is 16.4. The summed E-state index contributed by atoms with van der Waals surface area (Å²) in [7, 11) is 0. The highest BCUT2D eigenvalue weighted by atomic mass is 16.3. The zero-order valence-electron chi connectivity index (χ0n) is 34.1. The van der Waals surface area contributed by atoms with E-state index in [9.17, 15) is 0 Å². The first-order chi connectivity index (χ1) is 31.7. The van der Waals surface area contributed by atoms with Gasteiger partial charge >= 0.3 is 0 Å². The van der Waals surface area contributed by atoms with E-state index in [0.717, 1.165) is 99.1 Å². The van der Waals surface area contributed by atoms with E-state index in [1.165, 1.54) is 16.3 Å². The second-order valence-corrected chi connectivity index (χ2v) is 16.4. The van der Waals surface area contributed by atoms with Gasteiger partial charge in [-0.15, -0.1) is 0 Å². The molecule has 64 heavy (non-hydrogen) atoms. The van der Waals surface area contributed by atoms with Crippen LogP contribution in [0.5, 0.6) is 0 Å². The van der Waals surface area contributed by atoms with Crippen molar-refractivity contribution in [2.45, 2.75) is 0 Å². The summed E-state index contributed by atoms with van der Waals surface area (Å²) in [6, 6.07) is 69.7. The Morgan fingerprint density at radius 1 is 0.281 bits per heavy atom. The minimum absolute atomic E-state index is 0.530. The van der Waals surface area contributed by atoms with Crippen LogP contribution >= 0.6 is 0 Å². The van der Waals surface area contributed by atoms with Gasteiger partial charge in [0.25, 0.3) is 0 Å². The van der Waals surface area contributed by atoms with Crippen LogP contribution in [0.15, 0.2) is 209 Å². The third-order valence-electron chi connectivity index (χ3n) is 12.8. The van der Waals surface area contributed by atoms with Gasteiger partial charge in [-0.25, -0.2) is 4.98 Å². The third kappa shape index (κ3) is 5.18. The van der Waals surface area contributed by atoms with E-state index >= 15 is 0 Å².